The normalized spacial score (nSPS) is 12.5. The van der Waals surface area contributed by atoms with Gasteiger partial charge in [-0.2, -0.15) is 0 Å². The lowest BCUT2D eigenvalue weighted by molar-refractivity contribution is 0.0883. The quantitative estimate of drug-likeness (QED) is 0.309. The zero-order valence-electron chi connectivity index (χ0n) is 19.0. The van der Waals surface area contributed by atoms with Crippen LogP contribution >= 0.6 is 0 Å². The number of ether oxygens (including phenoxy) is 1. The molecule has 0 atom stereocenters. The van der Waals surface area contributed by atoms with E-state index in [2.05, 4.69) is 99.4 Å². The van der Waals surface area contributed by atoms with Crippen molar-refractivity contribution in [2.75, 3.05) is 26.4 Å². The van der Waals surface area contributed by atoms with Crippen molar-refractivity contribution in [2.24, 2.45) is 0 Å². The van der Waals surface area contributed by atoms with Gasteiger partial charge in [0.15, 0.2) is 8.32 Å². The zero-order chi connectivity index (χ0) is 21.2. The summed E-state index contributed by atoms with van der Waals surface area (Å²) >= 11 is 0. The molecule has 0 saturated carbocycles. The minimum absolute atomic E-state index is 0.267. The number of nitrogens with zero attached hydrogens (tertiary/aromatic N) is 1. The molecule has 0 N–H and O–H groups in total. The molecule has 0 aliphatic heterocycles. The zero-order valence-corrected chi connectivity index (χ0v) is 20.0. The van der Waals surface area contributed by atoms with E-state index >= 15 is 0 Å². The average Bonchev–Trinajstić information content (AvgIpc) is 2.68. The van der Waals surface area contributed by atoms with Crippen molar-refractivity contribution in [1.82, 2.24) is 4.90 Å². The number of hydrogen-bond donors (Lipinski definition) is 0. The molecule has 0 fully saturated rings. The molecule has 0 bridgehead atoms. The average molecular weight is 414 g/mol. The van der Waals surface area contributed by atoms with Gasteiger partial charge in [0.2, 0.25) is 0 Å². The van der Waals surface area contributed by atoms with E-state index in [1.807, 2.05) is 0 Å². The van der Waals surface area contributed by atoms with Crippen LogP contribution in [0.25, 0.3) is 0 Å². The molecular formula is C25H39NO2Si. The number of rotatable bonds is 12. The van der Waals surface area contributed by atoms with Crippen LogP contribution in [-0.4, -0.2) is 39.6 Å². The second-order valence-corrected chi connectivity index (χ2v) is 14.1. The molecule has 0 heterocycles. The second-order valence-electron chi connectivity index (χ2n) is 9.26. The fourth-order valence-corrected chi connectivity index (χ4v) is 3.99. The molecule has 0 radical (unpaired) electrons. The van der Waals surface area contributed by atoms with E-state index in [1.165, 1.54) is 11.1 Å². The third-order valence-corrected chi connectivity index (χ3v) is 10.3. The van der Waals surface area contributed by atoms with Crippen molar-refractivity contribution >= 4 is 8.32 Å². The fraction of sp³-hybridized carbons (Fsp3) is 0.520. The molecule has 3 nitrogen and oxygen atoms in total. The number of hydrogen-bond acceptors (Lipinski definition) is 3. The van der Waals surface area contributed by atoms with Crippen LogP contribution in [0, 0.1) is 0 Å². The second kappa shape index (κ2) is 11.7. The fourth-order valence-electron chi connectivity index (χ4n) is 2.90. The van der Waals surface area contributed by atoms with Gasteiger partial charge < -0.3 is 9.16 Å². The van der Waals surface area contributed by atoms with Crippen LogP contribution in [0.15, 0.2) is 60.7 Å². The van der Waals surface area contributed by atoms with Gasteiger partial charge in [-0.15, -0.1) is 0 Å². The van der Waals surface area contributed by atoms with Crippen LogP contribution in [-0.2, 0) is 22.3 Å². The topological polar surface area (TPSA) is 21.7 Å². The van der Waals surface area contributed by atoms with Gasteiger partial charge in [0.1, 0.15) is 0 Å². The lowest BCUT2D eigenvalue weighted by Crippen LogP contribution is -2.41. The lowest BCUT2D eigenvalue weighted by Gasteiger charge is -2.36. The highest BCUT2D eigenvalue weighted by molar-refractivity contribution is 6.74. The first-order valence-electron chi connectivity index (χ1n) is 10.8. The van der Waals surface area contributed by atoms with Gasteiger partial charge in [0.25, 0.3) is 0 Å². The first-order chi connectivity index (χ1) is 13.8. The van der Waals surface area contributed by atoms with E-state index in [9.17, 15) is 0 Å². The molecular weight excluding hydrogens is 374 g/mol. The summed E-state index contributed by atoms with van der Waals surface area (Å²) in [5.74, 6) is 0. The van der Waals surface area contributed by atoms with Crippen molar-refractivity contribution in [3.63, 3.8) is 0 Å². The maximum absolute atomic E-state index is 6.23. The smallest absolute Gasteiger partial charge is 0.191 e. The van der Waals surface area contributed by atoms with E-state index in [0.717, 1.165) is 45.9 Å². The molecule has 0 aliphatic rings. The van der Waals surface area contributed by atoms with Crippen LogP contribution in [0.3, 0.4) is 0 Å². The monoisotopic (exact) mass is 413 g/mol. The summed E-state index contributed by atoms with van der Waals surface area (Å²) in [7, 11) is -1.64. The molecule has 0 unspecified atom stereocenters. The summed E-state index contributed by atoms with van der Waals surface area (Å²) in [6, 6.07) is 21.3. The molecule has 4 heteroatoms. The molecule has 2 aromatic rings. The third-order valence-electron chi connectivity index (χ3n) is 5.75. The minimum atomic E-state index is -1.64. The summed E-state index contributed by atoms with van der Waals surface area (Å²) in [4.78, 5) is 2.46. The SMILES string of the molecule is CC(C)(C)[Si](C)(C)OCCCOCCN(Cc1ccccc1)Cc1ccccc1. The molecule has 0 amide bonds. The van der Waals surface area contributed by atoms with E-state index < -0.39 is 8.32 Å². The van der Waals surface area contributed by atoms with Crippen LogP contribution in [0.4, 0.5) is 0 Å². The summed E-state index contributed by atoms with van der Waals surface area (Å²) in [6.07, 6.45) is 0.962. The molecule has 0 aliphatic carbocycles. The highest BCUT2D eigenvalue weighted by atomic mass is 28.4. The van der Waals surface area contributed by atoms with E-state index in [-0.39, 0.29) is 5.04 Å². The largest absolute Gasteiger partial charge is 0.417 e. The Hall–Kier alpha value is -1.46. The van der Waals surface area contributed by atoms with Gasteiger partial charge in [-0.1, -0.05) is 81.4 Å². The van der Waals surface area contributed by atoms with Gasteiger partial charge in [0.05, 0.1) is 6.61 Å². The Morgan fingerprint density at radius 3 is 1.76 bits per heavy atom. The summed E-state index contributed by atoms with van der Waals surface area (Å²) < 4.78 is 12.2. The summed E-state index contributed by atoms with van der Waals surface area (Å²) in [6.45, 7) is 16.6. The summed E-state index contributed by atoms with van der Waals surface area (Å²) in [5, 5.41) is 0.267. The van der Waals surface area contributed by atoms with E-state index in [4.69, 9.17) is 9.16 Å². The Morgan fingerprint density at radius 1 is 0.759 bits per heavy atom. The van der Waals surface area contributed by atoms with Crippen molar-refractivity contribution < 1.29 is 9.16 Å². The Kier molecular flexibility index (Phi) is 9.57. The Balaban J connectivity index is 1.73. The highest BCUT2D eigenvalue weighted by Crippen LogP contribution is 2.36. The van der Waals surface area contributed by atoms with E-state index in [0.29, 0.717) is 0 Å². The lowest BCUT2D eigenvalue weighted by atomic mass is 10.1. The molecule has 0 aromatic heterocycles. The first kappa shape index (κ1) is 23.8. The van der Waals surface area contributed by atoms with Crippen molar-refractivity contribution in [2.45, 2.75) is 58.4 Å². The van der Waals surface area contributed by atoms with Crippen LogP contribution in [0.2, 0.25) is 18.1 Å². The predicted molar refractivity (Wildman–Crippen MR) is 126 cm³/mol. The van der Waals surface area contributed by atoms with Gasteiger partial charge >= 0.3 is 0 Å². The molecule has 29 heavy (non-hydrogen) atoms. The van der Waals surface area contributed by atoms with Gasteiger partial charge in [-0.3, -0.25) is 4.90 Å². The maximum atomic E-state index is 6.23. The van der Waals surface area contributed by atoms with Crippen molar-refractivity contribution in [3.8, 4) is 0 Å². The molecule has 2 rings (SSSR count). The van der Waals surface area contributed by atoms with Gasteiger partial charge in [-0.05, 0) is 35.7 Å². The van der Waals surface area contributed by atoms with Gasteiger partial charge in [-0.25, -0.2) is 0 Å². The van der Waals surface area contributed by atoms with Crippen molar-refractivity contribution in [1.29, 1.82) is 0 Å². The standard InChI is InChI=1S/C25H39NO2Si/c1-25(2,3)29(4,5)28-19-12-18-27-20-17-26(21-23-13-8-6-9-14-23)22-24-15-10-7-11-16-24/h6-11,13-16H,12,17-22H2,1-5H3. The first-order valence-corrected chi connectivity index (χ1v) is 13.7. The van der Waals surface area contributed by atoms with Crippen LogP contribution in [0.5, 0.6) is 0 Å². The Labute approximate surface area is 179 Å². The minimum Gasteiger partial charge on any atom is -0.417 e. The van der Waals surface area contributed by atoms with Crippen LogP contribution < -0.4 is 0 Å². The molecule has 0 spiro atoms. The maximum Gasteiger partial charge on any atom is 0.191 e. The number of benzene rings is 2. The highest BCUT2D eigenvalue weighted by Gasteiger charge is 2.36. The molecule has 0 saturated heterocycles. The van der Waals surface area contributed by atoms with Crippen molar-refractivity contribution in [3.05, 3.63) is 71.8 Å². The Morgan fingerprint density at radius 2 is 1.28 bits per heavy atom. The predicted octanol–water partition coefficient (Wildman–Crippen LogP) is 6.12. The third kappa shape index (κ3) is 8.83. The van der Waals surface area contributed by atoms with E-state index in [1.54, 1.807) is 0 Å². The molecule has 2 aromatic carbocycles. The summed E-state index contributed by atoms with van der Waals surface area (Å²) in [5.41, 5.74) is 2.68. The van der Waals surface area contributed by atoms with Crippen LogP contribution in [0.1, 0.15) is 38.3 Å². The molecule has 160 valence electrons. The Bertz CT molecular complexity index is 641. The van der Waals surface area contributed by atoms with Gasteiger partial charge in [0, 0.05) is 32.8 Å².